The predicted molar refractivity (Wildman–Crippen MR) is 126 cm³/mol. The Hall–Kier alpha value is -3.81. The van der Waals surface area contributed by atoms with Crippen LogP contribution >= 0.6 is 0 Å². The van der Waals surface area contributed by atoms with Crippen molar-refractivity contribution < 1.29 is 9.18 Å². The number of hydrogen-bond donors (Lipinski definition) is 1. The van der Waals surface area contributed by atoms with Crippen LogP contribution in [0.2, 0.25) is 0 Å². The van der Waals surface area contributed by atoms with Crippen LogP contribution in [0, 0.1) is 17.7 Å². The molecular weight excluding hydrogens is 433 g/mol. The Bertz CT molecular complexity index is 1460. The molecule has 6 rings (SSSR count). The van der Waals surface area contributed by atoms with Gasteiger partial charge in [0.2, 0.25) is 5.91 Å². The van der Waals surface area contributed by atoms with E-state index in [1.165, 1.54) is 10.6 Å². The van der Waals surface area contributed by atoms with Crippen LogP contribution in [0.1, 0.15) is 25.1 Å². The summed E-state index contributed by atoms with van der Waals surface area (Å²) in [5.74, 6) is 0.627. The Morgan fingerprint density at radius 2 is 1.91 bits per heavy atom. The Balaban J connectivity index is 1.26. The molecule has 1 amide bonds. The third-order valence-electron chi connectivity index (χ3n) is 6.86. The number of aromatic nitrogens is 4. The van der Waals surface area contributed by atoms with Crippen LogP contribution in [-0.2, 0) is 11.2 Å². The molecule has 1 saturated carbocycles. The number of rotatable bonds is 5. The standard InChI is InChI=1S/C26H24FN5O2/c27-21-13-19(20-6-3-17-2-1-10-28-22(17)14-20)7-8-23(21)32-24(29-30-26(32)34)12-16-9-11-31(15-16)25(33)18-4-5-18/h1-3,6-8,10,13-14,16,18H,4-5,9,11-12,15H2,(H,30,34)/t16-/m0/s1. The van der Waals surface area contributed by atoms with E-state index in [9.17, 15) is 9.59 Å². The topological polar surface area (TPSA) is 83.9 Å². The molecule has 4 aromatic rings. The fourth-order valence-electron chi connectivity index (χ4n) is 4.87. The zero-order valence-corrected chi connectivity index (χ0v) is 18.6. The van der Waals surface area contributed by atoms with Gasteiger partial charge in [0.25, 0.3) is 0 Å². The molecule has 2 aromatic heterocycles. The van der Waals surface area contributed by atoms with Gasteiger partial charge in [-0.3, -0.25) is 9.78 Å². The highest BCUT2D eigenvalue weighted by atomic mass is 19.1. The number of benzene rings is 2. The number of pyridine rings is 1. The summed E-state index contributed by atoms with van der Waals surface area (Å²) < 4.78 is 16.6. The number of amides is 1. The van der Waals surface area contributed by atoms with Crippen molar-refractivity contribution in [1.82, 2.24) is 24.6 Å². The number of carbonyl (C=O) groups is 1. The maximum absolute atomic E-state index is 15.3. The average molecular weight is 458 g/mol. The van der Waals surface area contributed by atoms with Gasteiger partial charge in [0, 0.05) is 37.0 Å². The minimum absolute atomic E-state index is 0.167. The van der Waals surface area contributed by atoms with Gasteiger partial charge >= 0.3 is 5.69 Å². The average Bonchev–Trinajstić information content (AvgIpc) is 3.50. The lowest BCUT2D eigenvalue weighted by Gasteiger charge is -2.16. The van der Waals surface area contributed by atoms with Gasteiger partial charge in [-0.05, 0) is 60.6 Å². The van der Waals surface area contributed by atoms with E-state index in [1.54, 1.807) is 18.3 Å². The van der Waals surface area contributed by atoms with Crippen molar-refractivity contribution in [2.45, 2.75) is 25.7 Å². The number of carbonyl (C=O) groups excluding carboxylic acids is 1. The van der Waals surface area contributed by atoms with Gasteiger partial charge in [0.05, 0.1) is 11.2 Å². The second kappa shape index (κ2) is 8.20. The molecule has 172 valence electrons. The van der Waals surface area contributed by atoms with Crippen LogP contribution in [0.3, 0.4) is 0 Å². The van der Waals surface area contributed by atoms with E-state index in [1.807, 2.05) is 35.2 Å². The molecule has 2 aliphatic rings. The molecular formula is C26H24FN5O2. The minimum Gasteiger partial charge on any atom is -0.342 e. The van der Waals surface area contributed by atoms with Crippen molar-refractivity contribution in [2.75, 3.05) is 13.1 Å². The molecule has 1 N–H and O–H groups in total. The fourth-order valence-corrected chi connectivity index (χ4v) is 4.87. The van der Waals surface area contributed by atoms with E-state index in [-0.39, 0.29) is 23.4 Å². The van der Waals surface area contributed by atoms with Gasteiger partial charge in [0.1, 0.15) is 11.6 Å². The van der Waals surface area contributed by atoms with Crippen LogP contribution < -0.4 is 5.69 Å². The van der Waals surface area contributed by atoms with Gasteiger partial charge in [-0.1, -0.05) is 24.3 Å². The number of H-pyrrole nitrogens is 1. The van der Waals surface area contributed by atoms with Crippen LogP contribution in [0.5, 0.6) is 0 Å². The van der Waals surface area contributed by atoms with Gasteiger partial charge in [-0.15, -0.1) is 0 Å². The summed E-state index contributed by atoms with van der Waals surface area (Å²) in [6.45, 7) is 1.39. The van der Waals surface area contributed by atoms with Crippen molar-refractivity contribution in [3.63, 3.8) is 0 Å². The number of halogens is 1. The molecule has 2 fully saturated rings. The van der Waals surface area contributed by atoms with Crippen molar-refractivity contribution >= 4 is 16.8 Å². The molecule has 0 radical (unpaired) electrons. The summed E-state index contributed by atoms with van der Waals surface area (Å²) in [6.07, 6.45) is 5.07. The molecule has 1 aliphatic carbocycles. The summed E-state index contributed by atoms with van der Waals surface area (Å²) in [6, 6.07) is 14.5. The Kier molecular flexibility index (Phi) is 5.01. The largest absolute Gasteiger partial charge is 0.348 e. The van der Waals surface area contributed by atoms with Crippen molar-refractivity contribution in [1.29, 1.82) is 0 Å². The molecule has 34 heavy (non-hydrogen) atoms. The summed E-state index contributed by atoms with van der Waals surface area (Å²) in [5, 5.41) is 7.66. The smallest absolute Gasteiger partial charge is 0.342 e. The zero-order chi connectivity index (χ0) is 23.2. The predicted octanol–water partition coefficient (Wildman–Crippen LogP) is 3.72. The normalized spacial score (nSPS) is 18.0. The zero-order valence-electron chi connectivity index (χ0n) is 18.6. The highest BCUT2D eigenvalue weighted by Gasteiger charge is 2.37. The Labute approximate surface area is 195 Å². The van der Waals surface area contributed by atoms with Crippen molar-refractivity contribution in [3.05, 3.63) is 76.9 Å². The molecule has 8 heteroatoms. The molecule has 7 nitrogen and oxygen atoms in total. The molecule has 1 atom stereocenters. The first kappa shape index (κ1) is 20.8. The lowest BCUT2D eigenvalue weighted by molar-refractivity contribution is -0.131. The molecule has 3 heterocycles. The lowest BCUT2D eigenvalue weighted by Crippen LogP contribution is -2.30. The van der Waals surface area contributed by atoms with E-state index in [0.29, 0.717) is 24.4 Å². The van der Waals surface area contributed by atoms with E-state index < -0.39 is 11.5 Å². The van der Waals surface area contributed by atoms with Gasteiger partial charge in [-0.25, -0.2) is 18.9 Å². The van der Waals surface area contributed by atoms with Gasteiger partial charge < -0.3 is 4.90 Å². The van der Waals surface area contributed by atoms with Crippen molar-refractivity contribution in [2.24, 2.45) is 11.8 Å². The van der Waals surface area contributed by atoms with Gasteiger partial charge in [-0.2, -0.15) is 5.10 Å². The molecule has 0 spiro atoms. The number of likely N-dealkylation sites (tertiary alicyclic amines) is 1. The maximum atomic E-state index is 15.3. The lowest BCUT2D eigenvalue weighted by atomic mass is 10.0. The van der Waals surface area contributed by atoms with E-state index in [0.717, 1.165) is 42.3 Å². The first-order chi connectivity index (χ1) is 16.6. The summed E-state index contributed by atoms with van der Waals surface area (Å²) in [5.41, 5.74) is 2.09. The second-order valence-corrected chi connectivity index (χ2v) is 9.27. The maximum Gasteiger partial charge on any atom is 0.348 e. The fraction of sp³-hybridized carbons (Fsp3) is 0.308. The summed E-state index contributed by atoms with van der Waals surface area (Å²) in [7, 11) is 0. The van der Waals surface area contributed by atoms with Gasteiger partial charge in [0.15, 0.2) is 0 Å². The first-order valence-corrected chi connectivity index (χ1v) is 11.7. The van der Waals surface area contributed by atoms with Crippen LogP contribution in [-0.4, -0.2) is 43.6 Å². The number of aromatic amines is 1. The van der Waals surface area contributed by atoms with Crippen LogP contribution in [0.25, 0.3) is 27.7 Å². The number of nitrogens with zero attached hydrogens (tertiary/aromatic N) is 4. The van der Waals surface area contributed by atoms with E-state index in [4.69, 9.17) is 0 Å². The molecule has 0 bridgehead atoms. The Morgan fingerprint density at radius 1 is 1.09 bits per heavy atom. The quantitative estimate of drug-likeness (QED) is 0.495. The summed E-state index contributed by atoms with van der Waals surface area (Å²) >= 11 is 0. The number of hydrogen-bond acceptors (Lipinski definition) is 4. The molecule has 1 aliphatic heterocycles. The monoisotopic (exact) mass is 457 g/mol. The van der Waals surface area contributed by atoms with Crippen LogP contribution in [0.4, 0.5) is 4.39 Å². The number of fused-ring (bicyclic) bond motifs is 1. The Morgan fingerprint density at radius 3 is 2.74 bits per heavy atom. The molecule has 1 saturated heterocycles. The van der Waals surface area contributed by atoms with E-state index in [2.05, 4.69) is 15.2 Å². The van der Waals surface area contributed by atoms with E-state index >= 15 is 4.39 Å². The number of nitrogens with one attached hydrogen (secondary N) is 1. The highest BCUT2D eigenvalue weighted by molar-refractivity contribution is 5.84. The third-order valence-corrected chi connectivity index (χ3v) is 6.86. The van der Waals surface area contributed by atoms with Crippen LogP contribution in [0.15, 0.2) is 59.5 Å². The minimum atomic E-state index is -0.500. The molecule has 0 unspecified atom stereocenters. The summed E-state index contributed by atoms with van der Waals surface area (Å²) in [4.78, 5) is 31.2. The molecule has 2 aromatic carbocycles. The SMILES string of the molecule is O=C(C1CC1)N1CC[C@@H](Cc2n[nH]c(=O)n2-c2ccc(-c3ccc4cccnc4c3)cc2F)C1. The highest BCUT2D eigenvalue weighted by Crippen LogP contribution is 2.33. The van der Waals surface area contributed by atoms with Crippen molar-refractivity contribution in [3.8, 4) is 16.8 Å². The third kappa shape index (κ3) is 3.79. The first-order valence-electron chi connectivity index (χ1n) is 11.7. The second-order valence-electron chi connectivity index (χ2n) is 9.27.